The first-order valence-electron chi connectivity index (χ1n) is 12.7. The van der Waals surface area contributed by atoms with E-state index in [9.17, 15) is 9.59 Å². The van der Waals surface area contributed by atoms with Gasteiger partial charge in [-0.1, -0.05) is 71.2 Å². The predicted octanol–water partition coefficient (Wildman–Crippen LogP) is 5.54. The van der Waals surface area contributed by atoms with Gasteiger partial charge in [0.05, 0.1) is 7.11 Å². The van der Waals surface area contributed by atoms with Gasteiger partial charge in [-0.05, 0) is 60.4 Å². The lowest BCUT2D eigenvalue weighted by Gasteiger charge is -2.32. The van der Waals surface area contributed by atoms with Gasteiger partial charge in [0, 0.05) is 23.5 Å². The van der Waals surface area contributed by atoms with Crippen LogP contribution in [0.4, 0.5) is 0 Å². The van der Waals surface area contributed by atoms with E-state index in [1.54, 1.807) is 36.3 Å². The van der Waals surface area contributed by atoms with Crippen molar-refractivity contribution in [1.29, 1.82) is 0 Å². The van der Waals surface area contributed by atoms with Crippen molar-refractivity contribution in [2.24, 2.45) is 0 Å². The largest absolute Gasteiger partial charge is 0.497 e. The molecular formula is C30H33BrN2O4. The molecule has 3 aromatic carbocycles. The molecule has 0 saturated heterocycles. The molecule has 1 aliphatic carbocycles. The number of halogens is 1. The molecule has 0 aromatic heterocycles. The second-order valence-corrected chi connectivity index (χ2v) is 10.2. The number of nitrogens with one attached hydrogen (secondary N) is 1. The van der Waals surface area contributed by atoms with Gasteiger partial charge in [0.25, 0.3) is 5.91 Å². The molecule has 0 spiro atoms. The maximum atomic E-state index is 13.7. The lowest BCUT2D eigenvalue weighted by molar-refractivity contribution is -0.143. The van der Waals surface area contributed by atoms with Gasteiger partial charge >= 0.3 is 0 Å². The Bertz CT molecular complexity index is 1160. The summed E-state index contributed by atoms with van der Waals surface area (Å²) < 4.78 is 12.0. The number of nitrogens with zero attached hydrogens (tertiary/aromatic N) is 1. The highest BCUT2D eigenvalue weighted by molar-refractivity contribution is 9.10. The molecule has 0 heterocycles. The van der Waals surface area contributed by atoms with Crippen molar-refractivity contribution >= 4 is 27.7 Å². The Morgan fingerprint density at radius 1 is 0.946 bits per heavy atom. The average molecular weight is 566 g/mol. The molecule has 2 amide bonds. The number of rotatable bonds is 11. The van der Waals surface area contributed by atoms with Gasteiger partial charge in [-0.15, -0.1) is 0 Å². The molecule has 4 rings (SSSR count). The molecule has 6 nitrogen and oxygen atoms in total. The molecular weight excluding hydrogens is 532 g/mol. The monoisotopic (exact) mass is 564 g/mol. The Kier molecular flexibility index (Phi) is 9.60. The number of methoxy groups -OCH3 is 1. The van der Waals surface area contributed by atoms with Crippen molar-refractivity contribution in [3.8, 4) is 11.5 Å². The quantitative estimate of drug-likeness (QED) is 0.332. The van der Waals surface area contributed by atoms with Crippen LogP contribution in [0.25, 0.3) is 0 Å². The third-order valence-electron chi connectivity index (χ3n) is 6.64. The Morgan fingerprint density at radius 2 is 1.62 bits per heavy atom. The van der Waals surface area contributed by atoms with E-state index in [1.807, 2.05) is 54.6 Å². The molecule has 1 N–H and O–H groups in total. The molecule has 1 atom stereocenters. The smallest absolute Gasteiger partial charge is 0.261 e. The average Bonchev–Trinajstić information content (AvgIpc) is 3.43. The Morgan fingerprint density at radius 3 is 2.30 bits per heavy atom. The highest BCUT2D eigenvalue weighted by Crippen LogP contribution is 2.22. The third-order valence-corrected chi connectivity index (χ3v) is 7.13. The summed E-state index contributed by atoms with van der Waals surface area (Å²) in [5, 5.41) is 3.22. The summed E-state index contributed by atoms with van der Waals surface area (Å²) in [7, 11) is 1.60. The first-order chi connectivity index (χ1) is 18.0. The Balaban J connectivity index is 1.59. The topological polar surface area (TPSA) is 67.9 Å². The molecule has 0 bridgehead atoms. The van der Waals surface area contributed by atoms with Gasteiger partial charge in [0.2, 0.25) is 5.91 Å². The number of amides is 2. The lowest BCUT2D eigenvalue weighted by atomic mass is 10.0. The molecule has 7 heteroatoms. The number of hydrogen-bond acceptors (Lipinski definition) is 4. The Labute approximate surface area is 227 Å². The van der Waals surface area contributed by atoms with Gasteiger partial charge in [-0.25, -0.2) is 0 Å². The second kappa shape index (κ2) is 13.3. The normalized spacial score (nSPS) is 14.1. The van der Waals surface area contributed by atoms with E-state index >= 15 is 0 Å². The summed E-state index contributed by atoms with van der Waals surface area (Å²) >= 11 is 3.52. The zero-order chi connectivity index (χ0) is 26.0. The molecule has 0 radical (unpaired) electrons. The molecule has 194 valence electrons. The first kappa shape index (κ1) is 26.7. The highest BCUT2D eigenvalue weighted by atomic mass is 79.9. The lowest BCUT2D eigenvalue weighted by Crippen LogP contribution is -2.53. The van der Waals surface area contributed by atoms with Crippen molar-refractivity contribution in [1.82, 2.24) is 10.2 Å². The van der Waals surface area contributed by atoms with Crippen LogP contribution >= 0.6 is 15.9 Å². The molecule has 1 saturated carbocycles. The summed E-state index contributed by atoms with van der Waals surface area (Å²) in [6, 6.07) is 24.2. The van der Waals surface area contributed by atoms with Crippen molar-refractivity contribution in [3.05, 3.63) is 94.5 Å². The fourth-order valence-corrected chi connectivity index (χ4v) is 5.10. The third kappa shape index (κ3) is 7.83. The van der Waals surface area contributed by atoms with E-state index in [2.05, 4.69) is 21.2 Å². The Hall–Kier alpha value is -3.32. The maximum absolute atomic E-state index is 13.7. The van der Waals surface area contributed by atoms with E-state index in [4.69, 9.17) is 9.47 Å². The standard InChI is InChI=1S/C30H33BrN2O4/c1-36-26-14-16-27(17-15-26)37-21-29(34)33(20-23-10-7-11-24(31)18-23)28(19-22-8-3-2-4-9-22)30(35)32-25-12-5-6-13-25/h2-4,7-11,14-18,25,28H,5-6,12-13,19-21H2,1H3,(H,32,35). The molecule has 37 heavy (non-hydrogen) atoms. The van der Waals surface area contributed by atoms with Crippen molar-refractivity contribution in [2.75, 3.05) is 13.7 Å². The van der Waals surface area contributed by atoms with Crippen LogP contribution in [0, 0.1) is 0 Å². The molecule has 1 fully saturated rings. The molecule has 3 aromatic rings. The van der Waals surface area contributed by atoms with Crippen LogP contribution < -0.4 is 14.8 Å². The number of carbonyl (C=O) groups is 2. The van der Waals surface area contributed by atoms with Crippen LogP contribution in [-0.4, -0.2) is 42.5 Å². The predicted molar refractivity (Wildman–Crippen MR) is 148 cm³/mol. The highest BCUT2D eigenvalue weighted by Gasteiger charge is 2.32. The summed E-state index contributed by atoms with van der Waals surface area (Å²) in [5.41, 5.74) is 1.93. The summed E-state index contributed by atoms with van der Waals surface area (Å²) in [4.78, 5) is 29.0. The van der Waals surface area contributed by atoms with Crippen LogP contribution in [0.5, 0.6) is 11.5 Å². The maximum Gasteiger partial charge on any atom is 0.261 e. The summed E-state index contributed by atoms with van der Waals surface area (Å²) in [6.45, 7) is 0.113. The van der Waals surface area contributed by atoms with Crippen LogP contribution in [0.2, 0.25) is 0 Å². The van der Waals surface area contributed by atoms with Crippen LogP contribution in [0.3, 0.4) is 0 Å². The van der Waals surface area contributed by atoms with E-state index in [-0.39, 0.29) is 24.5 Å². The van der Waals surface area contributed by atoms with Gasteiger partial charge in [0.15, 0.2) is 6.61 Å². The zero-order valence-electron chi connectivity index (χ0n) is 21.1. The summed E-state index contributed by atoms with van der Waals surface area (Å²) in [5.74, 6) is 0.898. The van der Waals surface area contributed by atoms with Gasteiger partial charge in [-0.2, -0.15) is 0 Å². The van der Waals surface area contributed by atoms with E-state index in [0.29, 0.717) is 24.5 Å². The van der Waals surface area contributed by atoms with Crippen LogP contribution in [0.15, 0.2) is 83.3 Å². The number of ether oxygens (including phenoxy) is 2. The van der Waals surface area contributed by atoms with Crippen LogP contribution in [-0.2, 0) is 22.6 Å². The number of hydrogen-bond donors (Lipinski definition) is 1. The minimum atomic E-state index is -0.672. The number of carbonyl (C=O) groups excluding carboxylic acids is 2. The van der Waals surface area contributed by atoms with Gasteiger partial charge in [0.1, 0.15) is 17.5 Å². The SMILES string of the molecule is COc1ccc(OCC(=O)N(Cc2cccc(Br)c2)C(Cc2ccccc2)C(=O)NC2CCCC2)cc1. The van der Waals surface area contributed by atoms with Crippen molar-refractivity contribution in [3.63, 3.8) is 0 Å². The van der Waals surface area contributed by atoms with Crippen molar-refractivity contribution in [2.45, 2.75) is 50.7 Å². The summed E-state index contributed by atoms with van der Waals surface area (Å²) in [6.07, 6.45) is 4.60. The van der Waals surface area contributed by atoms with E-state index < -0.39 is 6.04 Å². The molecule has 1 unspecified atom stereocenters. The van der Waals surface area contributed by atoms with Gasteiger partial charge in [-0.3, -0.25) is 9.59 Å². The van der Waals surface area contributed by atoms with Crippen molar-refractivity contribution < 1.29 is 19.1 Å². The first-order valence-corrected chi connectivity index (χ1v) is 13.5. The van der Waals surface area contributed by atoms with E-state index in [0.717, 1.165) is 41.3 Å². The minimum absolute atomic E-state index is 0.122. The van der Waals surface area contributed by atoms with Crippen LogP contribution in [0.1, 0.15) is 36.8 Å². The fourth-order valence-electron chi connectivity index (χ4n) is 4.65. The second-order valence-electron chi connectivity index (χ2n) is 9.31. The minimum Gasteiger partial charge on any atom is -0.497 e. The molecule has 0 aliphatic heterocycles. The molecule has 1 aliphatic rings. The van der Waals surface area contributed by atoms with E-state index in [1.165, 1.54) is 0 Å². The van der Waals surface area contributed by atoms with Gasteiger partial charge < -0.3 is 19.7 Å². The fraction of sp³-hybridized carbons (Fsp3) is 0.333. The zero-order valence-corrected chi connectivity index (χ0v) is 22.7. The number of benzene rings is 3.